The Balaban J connectivity index is 1.65. The van der Waals surface area contributed by atoms with Crippen molar-refractivity contribution >= 4 is 11.8 Å². The molecule has 0 saturated carbocycles. The summed E-state index contributed by atoms with van der Waals surface area (Å²) in [6, 6.07) is 7.80. The molecule has 7 nitrogen and oxygen atoms in total. The third kappa shape index (κ3) is 4.54. The summed E-state index contributed by atoms with van der Waals surface area (Å²) in [7, 11) is 1.93. The number of likely N-dealkylation sites (tertiary alicyclic amines) is 1. The standard InChI is InChI=1S/C20H27N5O2/c1-3-18-17(12-22-24(18)2)14-5-4-6-15(11-14)20(27)23-16-7-9-25(10-8-16)13-19(21)26/h4-6,11-12,16H,3,7-10,13H2,1-2H3,(H2,21,26)(H,23,27). The number of nitrogens with one attached hydrogen (secondary N) is 1. The predicted molar refractivity (Wildman–Crippen MR) is 104 cm³/mol. The fraction of sp³-hybridized carbons (Fsp3) is 0.450. The van der Waals surface area contributed by atoms with E-state index in [1.165, 1.54) is 0 Å². The summed E-state index contributed by atoms with van der Waals surface area (Å²) in [5.74, 6) is -0.372. The van der Waals surface area contributed by atoms with Gasteiger partial charge in [-0.05, 0) is 37.0 Å². The Morgan fingerprint density at radius 2 is 2.04 bits per heavy atom. The summed E-state index contributed by atoms with van der Waals surface area (Å²) in [5.41, 5.74) is 9.11. The van der Waals surface area contributed by atoms with Gasteiger partial charge in [0.25, 0.3) is 5.91 Å². The van der Waals surface area contributed by atoms with E-state index in [4.69, 9.17) is 5.73 Å². The minimum absolute atomic E-state index is 0.0628. The molecule has 144 valence electrons. The van der Waals surface area contributed by atoms with Crippen molar-refractivity contribution in [2.45, 2.75) is 32.2 Å². The van der Waals surface area contributed by atoms with E-state index in [1.54, 1.807) is 0 Å². The zero-order valence-electron chi connectivity index (χ0n) is 15.9. The Kier molecular flexibility index (Phi) is 5.91. The first-order chi connectivity index (χ1) is 13.0. The second kappa shape index (κ2) is 8.35. The number of primary amides is 1. The number of hydrogen-bond donors (Lipinski definition) is 2. The van der Waals surface area contributed by atoms with Gasteiger partial charge in [-0.25, -0.2) is 0 Å². The normalized spacial score (nSPS) is 15.6. The number of benzene rings is 1. The van der Waals surface area contributed by atoms with Crippen LogP contribution in [0.15, 0.2) is 30.5 Å². The fourth-order valence-electron chi connectivity index (χ4n) is 3.68. The van der Waals surface area contributed by atoms with Crippen molar-refractivity contribution in [3.63, 3.8) is 0 Å². The highest BCUT2D eigenvalue weighted by atomic mass is 16.2. The Hall–Kier alpha value is -2.67. The van der Waals surface area contributed by atoms with Crippen molar-refractivity contribution in [1.29, 1.82) is 0 Å². The summed E-state index contributed by atoms with van der Waals surface area (Å²) in [4.78, 5) is 25.7. The van der Waals surface area contributed by atoms with Crippen LogP contribution in [0.25, 0.3) is 11.1 Å². The van der Waals surface area contributed by atoms with E-state index in [0.717, 1.165) is 49.2 Å². The molecule has 3 N–H and O–H groups in total. The van der Waals surface area contributed by atoms with Crippen molar-refractivity contribution in [3.05, 3.63) is 41.7 Å². The number of rotatable bonds is 6. The van der Waals surface area contributed by atoms with Crippen LogP contribution in [0.2, 0.25) is 0 Å². The minimum Gasteiger partial charge on any atom is -0.369 e. The number of nitrogens with two attached hydrogens (primary N) is 1. The highest BCUT2D eigenvalue weighted by Gasteiger charge is 2.22. The molecule has 2 amide bonds. The number of piperidine rings is 1. The number of hydrogen-bond acceptors (Lipinski definition) is 4. The van der Waals surface area contributed by atoms with Gasteiger partial charge in [0.1, 0.15) is 0 Å². The average molecular weight is 369 g/mol. The van der Waals surface area contributed by atoms with Crippen LogP contribution in [0.5, 0.6) is 0 Å². The molecule has 2 heterocycles. The maximum Gasteiger partial charge on any atom is 0.251 e. The Labute approximate surface area is 159 Å². The average Bonchev–Trinajstić information content (AvgIpc) is 3.03. The lowest BCUT2D eigenvalue weighted by Crippen LogP contribution is -2.46. The van der Waals surface area contributed by atoms with Gasteiger partial charge in [0.05, 0.1) is 12.7 Å². The van der Waals surface area contributed by atoms with Gasteiger partial charge in [-0.1, -0.05) is 19.1 Å². The van der Waals surface area contributed by atoms with Crippen LogP contribution in [0.3, 0.4) is 0 Å². The monoisotopic (exact) mass is 369 g/mol. The van der Waals surface area contributed by atoms with Gasteiger partial charge in [0, 0.05) is 43.0 Å². The van der Waals surface area contributed by atoms with Crippen LogP contribution in [0.4, 0.5) is 0 Å². The van der Waals surface area contributed by atoms with E-state index in [-0.39, 0.29) is 24.4 Å². The smallest absolute Gasteiger partial charge is 0.251 e. The highest BCUT2D eigenvalue weighted by molar-refractivity contribution is 5.95. The lowest BCUT2D eigenvalue weighted by atomic mass is 10.0. The van der Waals surface area contributed by atoms with E-state index in [9.17, 15) is 9.59 Å². The van der Waals surface area contributed by atoms with Crippen LogP contribution in [-0.2, 0) is 18.3 Å². The van der Waals surface area contributed by atoms with Crippen molar-refractivity contribution in [2.24, 2.45) is 12.8 Å². The number of nitrogens with zero attached hydrogens (tertiary/aromatic N) is 3. The van der Waals surface area contributed by atoms with E-state index < -0.39 is 0 Å². The summed E-state index contributed by atoms with van der Waals surface area (Å²) >= 11 is 0. The van der Waals surface area contributed by atoms with Crippen molar-refractivity contribution in [3.8, 4) is 11.1 Å². The summed E-state index contributed by atoms with van der Waals surface area (Å²) in [5, 5.41) is 7.46. The van der Waals surface area contributed by atoms with Gasteiger partial charge in [-0.3, -0.25) is 19.2 Å². The Morgan fingerprint density at radius 1 is 1.30 bits per heavy atom. The molecule has 0 unspecified atom stereocenters. The van der Waals surface area contributed by atoms with Gasteiger partial charge < -0.3 is 11.1 Å². The SMILES string of the molecule is CCc1c(-c2cccc(C(=O)NC3CCN(CC(N)=O)CC3)c2)cnn1C. The topological polar surface area (TPSA) is 93.2 Å². The van der Waals surface area contributed by atoms with Crippen molar-refractivity contribution < 1.29 is 9.59 Å². The van der Waals surface area contributed by atoms with Crippen LogP contribution in [-0.4, -0.2) is 52.2 Å². The first kappa shape index (κ1) is 19.1. The van der Waals surface area contributed by atoms with E-state index >= 15 is 0 Å². The zero-order valence-corrected chi connectivity index (χ0v) is 15.9. The molecule has 0 bridgehead atoms. The van der Waals surface area contributed by atoms with Crippen molar-refractivity contribution in [2.75, 3.05) is 19.6 Å². The van der Waals surface area contributed by atoms with E-state index in [2.05, 4.69) is 17.3 Å². The van der Waals surface area contributed by atoms with Gasteiger partial charge in [0.2, 0.25) is 5.91 Å². The molecule has 1 saturated heterocycles. The largest absolute Gasteiger partial charge is 0.369 e. The lowest BCUT2D eigenvalue weighted by Gasteiger charge is -2.31. The van der Waals surface area contributed by atoms with Crippen LogP contribution < -0.4 is 11.1 Å². The second-order valence-corrected chi connectivity index (χ2v) is 7.05. The molecule has 7 heteroatoms. The number of aromatic nitrogens is 2. The molecular weight excluding hydrogens is 342 g/mol. The predicted octanol–water partition coefficient (Wildman–Crippen LogP) is 1.33. The Morgan fingerprint density at radius 3 is 2.70 bits per heavy atom. The second-order valence-electron chi connectivity index (χ2n) is 7.05. The molecule has 1 fully saturated rings. The maximum absolute atomic E-state index is 12.7. The number of amides is 2. The van der Waals surface area contributed by atoms with Gasteiger partial charge in [0.15, 0.2) is 0 Å². The molecule has 0 spiro atoms. The lowest BCUT2D eigenvalue weighted by molar-refractivity contribution is -0.119. The first-order valence-electron chi connectivity index (χ1n) is 9.40. The first-order valence-corrected chi connectivity index (χ1v) is 9.40. The van der Waals surface area contributed by atoms with E-state index in [0.29, 0.717) is 5.56 Å². The molecule has 1 aliphatic rings. The number of aryl methyl sites for hydroxylation is 1. The molecular formula is C20H27N5O2. The molecule has 0 aliphatic carbocycles. The van der Waals surface area contributed by atoms with Crippen molar-refractivity contribution in [1.82, 2.24) is 20.0 Å². The maximum atomic E-state index is 12.7. The van der Waals surface area contributed by atoms with Gasteiger partial charge in [-0.15, -0.1) is 0 Å². The molecule has 27 heavy (non-hydrogen) atoms. The third-order valence-electron chi connectivity index (χ3n) is 5.13. The molecule has 0 radical (unpaired) electrons. The third-order valence-corrected chi connectivity index (χ3v) is 5.13. The molecule has 1 aromatic heterocycles. The van der Waals surface area contributed by atoms with E-state index in [1.807, 2.05) is 47.1 Å². The van der Waals surface area contributed by atoms with Gasteiger partial charge in [-0.2, -0.15) is 5.10 Å². The quantitative estimate of drug-likeness (QED) is 0.803. The highest BCUT2D eigenvalue weighted by Crippen LogP contribution is 2.24. The number of carbonyl (C=O) groups is 2. The van der Waals surface area contributed by atoms with Crippen LogP contribution in [0.1, 0.15) is 35.8 Å². The minimum atomic E-state index is -0.309. The Bertz CT molecular complexity index is 822. The van der Waals surface area contributed by atoms with Gasteiger partial charge >= 0.3 is 0 Å². The molecule has 0 atom stereocenters. The van der Waals surface area contributed by atoms with Crippen LogP contribution >= 0.6 is 0 Å². The number of carbonyl (C=O) groups excluding carboxylic acids is 2. The molecule has 2 aromatic rings. The van der Waals surface area contributed by atoms with Crippen LogP contribution in [0, 0.1) is 0 Å². The fourth-order valence-corrected chi connectivity index (χ4v) is 3.68. The molecule has 1 aliphatic heterocycles. The summed E-state index contributed by atoms with van der Waals surface area (Å²) < 4.78 is 1.88. The summed E-state index contributed by atoms with van der Waals surface area (Å²) in [6.45, 7) is 3.92. The summed E-state index contributed by atoms with van der Waals surface area (Å²) in [6.07, 6.45) is 4.37. The zero-order chi connectivity index (χ0) is 19.4. The molecule has 1 aromatic carbocycles. The molecule has 3 rings (SSSR count).